The molecule has 1 aliphatic rings. The van der Waals surface area contributed by atoms with E-state index in [1.807, 2.05) is 6.07 Å². The van der Waals surface area contributed by atoms with Gasteiger partial charge in [0, 0.05) is 12.3 Å². The second kappa shape index (κ2) is 4.75. The first kappa shape index (κ1) is 12.2. The molecule has 3 atom stereocenters. The zero-order valence-electron chi connectivity index (χ0n) is 8.67. The van der Waals surface area contributed by atoms with Gasteiger partial charge in [0.05, 0.1) is 31.4 Å². The molecule has 16 heavy (non-hydrogen) atoms. The summed E-state index contributed by atoms with van der Waals surface area (Å²) in [7, 11) is 1.17. The van der Waals surface area contributed by atoms with Crippen molar-refractivity contribution >= 4 is 17.7 Å². The number of esters is 1. The number of carbonyl (C=O) groups excluding carboxylic acids is 2. The lowest BCUT2D eigenvalue weighted by molar-refractivity contribution is -0.147. The van der Waals surface area contributed by atoms with Crippen molar-refractivity contribution < 1.29 is 24.2 Å². The Morgan fingerprint density at radius 3 is 2.69 bits per heavy atom. The average Bonchev–Trinajstić information content (AvgIpc) is 2.54. The molecule has 1 saturated carbocycles. The summed E-state index contributed by atoms with van der Waals surface area (Å²) >= 11 is 0. The molecule has 0 aromatic carbocycles. The highest BCUT2D eigenvalue weighted by molar-refractivity contribution is 5.93. The molecule has 0 spiro atoms. The molecule has 0 heterocycles. The van der Waals surface area contributed by atoms with Crippen molar-refractivity contribution in [2.45, 2.75) is 12.8 Å². The molecular weight excluding hydrogens is 214 g/mol. The molecule has 6 nitrogen and oxygen atoms in total. The Hall–Kier alpha value is -1.90. The number of hydrogen-bond donors (Lipinski definition) is 1. The van der Waals surface area contributed by atoms with Gasteiger partial charge in [0.15, 0.2) is 0 Å². The molecule has 6 heteroatoms. The molecule has 1 N–H and O–H groups in total. The van der Waals surface area contributed by atoms with Crippen LogP contribution >= 0.6 is 0 Å². The molecule has 0 saturated heterocycles. The van der Waals surface area contributed by atoms with Crippen molar-refractivity contribution in [3.8, 4) is 6.07 Å². The van der Waals surface area contributed by atoms with E-state index < -0.39 is 36.1 Å². The largest absolute Gasteiger partial charge is 0.481 e. The van der Waals surface area contributed by atoms with Crippen LogP contribution in [-0.4, -0.2) is 29.9 Å². The third-order valence-electron chi connectivity index (χ3n) is 2.75. The first-order valence-corrected chi connectivity index (χ1v) is 4.73. The lowest BCUT2D eigenvalue weighted by Crippen LogP contribution is -2.24. The van der Waals surface area contributed by atoms with E-state index in [4.69, 9.17) is 10.4 Å². The molecule has 1 unspecified atom stereocenters. The van der Waals surface area contributed by atoms with Crippen LogP contribution in [0.25, 0.3) is 0 Å². The first-order valence-electron chi connectivity index (χ1n) is 4.73. The van der Waals surface area contributed by atoms with E-state index >= 15 is 0 Å². The zero-order chi connectivity index (χ0) is 12.3. The van der Waals surface area contributed by atoms with Crippen molar-refractivity contribution in [1.82, 2.24) is 0 Å². The summed E-state index contributed by atoms with van der Waals surface area (Å²) in [6.07, 6.45) is -0.520. The van der Waals surface area contributed by atoms with Gasteiger partial charge >= 0.3 is 11.9 Å². The molecule has 0 bridgehead atoms. The number of rotatable bonds is 3. The zero-order valence-corrected chi connectivity index (χ0v) is 8.67. The minimum absolute atomic E-state index is 0.108. The molecular formula is C10H11NO5. The van der Waals surface area contributed by atoms with Gasteiger partial charge in [-0.05, 0) is 0 Å². The van der Waals surface area contributed by atoms with Crippen molar-refractivity contribution in [2.75, 3.05) is 7.11 Å². The van der Waals surface area contributed by atoms with E-state index in [1.54, 1.807) is 0 Å². The maximum Gasteiger partial charge on any atom is 0.310 e. The molecule has 86 valence electrons. The fraction of sp³-hybridized carbons (Fsp3) is 0.600. The Bertz CT molecular complexity index is 370. The summed E-state index contributed by atoms with van der Waals surface area (Å²) in [6.45, 7) is 0. The lowest BCUT2D eigenvalue weighted by Gasteiger charge is -2.13. The summed E-state index contributed by atoms with van der Waals surface area (Å²) in [4.78, 5) is 33.3. The van der Waals surface area contributed by atoms with Crippen molar-refractivity contribution in [2.24, 2.45) is 17.8 Å². The summed E-state index contributed by atoms with van der Waals surface area (Å²) in [5, 5.41) is 17.5. The number of carboxylic acids is 1. The monoisotopic (exact) mass is 225 g/mol. The number of methoxy groups -OCH3 is 1. The van der Waals surface area contributed by atoms with E-state index in [2.05, 4.69) is 4.74 Å². The topological polar surface area (TPSA) is 104 Å². The number of carbonyl (C=O) groups is 3. The van der Waals surface area contributed by atoms with E-state index in [1.165, 1.54) is 7.11 Å². The summed E-state index contributed by atoms with van der Waals surface area (Å²) in [5.74, 6) is -4.75. The fourth-order valence-electron chi connectivity index (χ4n) is 1.97. The van der Waals surface area contributed by atoms with E-state index in [-0.39, 0.29) is 12.2 Å². The Morgan fingerprint density at radius 2 is 2.25 bits per heavy atom. The number of carboxylic acid groups (broad SMARTS) is 1. The summed E-state index contributed by atoms with van der Waals surface area (Å²) in [5.41, 5.74) is 0. The predicted octanol–water partition coefficient (Wildman–Crippen LogP) is -0.0209. The minimum atomic E-state index is -1.15. The van der Waals surface area contributed by atoms with Crippen molar-refractivity contribution in [3.63, 3.8) is 0 Å². The van der Waals surface area contributed by atoms with Gasteiger partial charge in [-0.25, -0.2) is 0 Å². The standard InChI is InChI=1S/C10H11NO5/c1-16-10(15)6-2-8(12)5(3-9(13)14)7(6)4-11/h5-7H,2-3H2,1H3,(H,13,14)/t5?,6-,7-/m0/s1. The van der Waals surface area contributed by atoms with Crippen LogP contribution in [0.5, 0.6) is 0 Å². The number of ether oxygens (including phenoxy) is 1. The number of nitrogens with zero attached hydrogens (tertiary/aromatic N) is 1. The maximum absolute atomic E-state index is 11.5. The molecule has 0 amide bonds. The Kier molecular flexibility index (Phi) is 3.61. The van der Waals surface area contributed by atoms with Crippen LogP contribution in [0.4, 0.5) is 0 Å². The highest BCUT2D eigenvalue weighted by atomic mass is 16.5. The quantitative estimate of drug-likeness (QED) is 0.677. The van der Waals surface area contributed by atoms with Crippen LogP contribution in [0.1, 0.15) is 12.8 Å². The summed E-state index contributed by atoms with van der Waals surface area (Å²) < 4.78 is 4.48. The van der Waals surface area contributed by atoms with Gasteiger partial charge in [0.1, 0.15) is 5.78 Å². The molecule has 1 fully saturated rings. The third kappa shape index (κ3) is 2.19. The van der Waals surface area contributed by atoms with Crippen LogP contribution in [0.15, 0.2) is 0 Å². The van der Waals surface area contributed by atoms with Crippen LogP contribution in [0.3, 0.4) is 0 Å². The SMILES string of the molecule is COC(=O)[C@H]1CC(=O)C(CC(=O)O)[C@@H]1C#N. The molecule has 1 aliphatic carbocycles. The first-order chi connectivity index (χ1) is 7.51. The summed E-state index contributed by atoms with van der Waals surface area (Å²) in [6, 6.07) is 1.83. The van der Waals surface area contributed by atoms with Crippen LogP contribution in [-0.2, 0) is 19.1 Å². The Morgan fingerprint density at radius 1 is 1.62 bits per heavy atom. The van der Waals surface area contributed by atoms with Gasteiger partial charge in [0.25, 0.3) is 0 Å². The molecule has 0 aromatic heterocycles. The average molecular weight is 225 g/mol. The van der Waals surface area contributed by atoms with Gasteiger partial charge in [-0.15, -0.1) is 0 Å². The second-order valence-electron chi connectivity index (χ2n) is 3.66. The molecule has 0 aliphatic heterocycles. The van der Waals surface area contributed by atoms with Gasteiger partial charge in [-0.3, -0.25) is 14.4 Å². The van der Waals surface area contributed by atoms with Crippen molar-refractivity contribution in [1.29, 1.82) is 5.26 Å². The van der Waals surface area contributed by atoms with Gasteiger partial charge in [-0.1, -0.05) is 0 Å². The minimum Gasteiger partial charge on any atom is -0.481 e. The molecule has 0 aromatic rings. The molecule has 1 rings (SSSR count). The van der Waals surface area contributed by atoms with E-state index in [9.17, 15) is 14.4 Å². The van der Waals surface area contributed by atoms with Gasteiger partial charge < -0.3 is 9.84 Å². The normalized spacial score (nSPS) is 28.5. The van der Waals surface area contributed by atoms with Gasteiger partial charge in [-0.2, -0.15) is 5.26 Å². The van der Waals surface area contributed by atoms with Crippen LogP contribution in [0.2, 0.25) is 0 Å². The number of ketones is 1. The second-order valence-corrected chi connectivity index (χ2v) is 3.66. The van der Waals surface area contributed by atoms with Crippen molar-refractivity contribution in [3.05, 3.63) is 0 Å². The van der Waals surface area contributed by atoms with Gasteiger partial charge in [0.2, 0.25) is 0 Å². The number of Topliss-reactive ketones (excluding diaryl/α,β-unsaturated/α-hetero) is 1. The number of hydrogen-bond acceptors (Lipinski definition) is 5. The fourth-order valence-corrected chi connectivity index (χ4v) is 1.97. The number of nitriles is 1. The maximum atomic E-state index is 11.5. The lowest BCUT2D eigenvalue weighted by atomic mass is 9.88. The Balaban J connectivity index is 2.88. The highest BCUT2D eigenvalue weighted by Gasteiger charge is 2.47. The number of aliphatic carboxylic acids is 1. The van der Waals surface area contributed by atoms with E-state index in [0.29, 0.717) is 0 Å². The predicted molar refractivity (Wildman–Crippen MR) is 50.0 cm³/mol. The highest BCUT2D eigenvalue weighted by Crippen LogP contribution is 2.36. The van der Waals surface area contributed by atoms with Crippen LogP contribution < -0.4 is 0 Å². The Labute approximate surface area is 91.8 Å². The van der Waals surface area contributed by atoms with Crippen LogP contribution in [0, 0.1) is 29.1 Å². The molecule has 0 radical (unpaired) electrons. The van der Waals surface area contributed by atoms with E-state index in [0.717, 1.165) is 0 Å². The third-order valence-corrected chi connectivity index (χ3v) is 2.75. The smallest absolute Gasteiger partial charge is 0.310 e.